The Morgan fingerprint density at radius 1 is 1.46 bits per heavy atom. The van der Waals surface area contributed by atoms with Gasteiger partial charge in [0.1, 0.15) is 0 Å². The molecular formula is C16H18ClN3O3S. The Balaban J connectivity index is 2.13. The number of halogens is 1. The van der Waals surface area contributed by atoms with Crippen LogP contribution in [0, 0.1) is 0 Å². The van der Waals surface area contributed by atoms with Crippen LogP contribution in [-0.4, -0.2) is 28.2 Å². The maximum Gasteiger partial charge on any atom is 0.251 e. The lowest BCUT2D eigenvalue weighted by atomic mass is 10.2. The molecule has 1 aromatic heterocycles. The molecule has 0 saturated carbocycles. The molecule has 0 aliphatic rings. The molecule has 0 aliphatic heterocycles. The van der Waals surface area contributed by atoms with E-state index in [1.165, 1.54) is 24.9 Å². The molecule has 1 heterocycles. The average molecular weight is 368 g/mol. The number of anilines is 1. The number of rotatable bonds is 7. The Bertz CT molecular complexity index is 766. The number of aromatic amines is 1. The SMILES string of the molecule is CCC(Sc1nc(COC)cc(=O)[nH]1)C(=O)Nc1ccccc1Cl. The van der Waals surface area contributed by atoms with Crippen LogP contribution in [0.5, 0.6) is 0 Å². The second-order valence-electron chi connectivity index (χ2n) is 4.96. The number of H-pyrrole nitrogens is 1. The summed E-state index contributed by atoms with van der Waals surface area (Å²) < 4.78 is 4.99. The van der Waals surface area contributed by atoms with Gasteiger partial charge < -0.3 is 15.0 Å². The first-order valence-corrected chi connectivity index (χ1v) is 8.60. The van der Waals surface area contributed by atoms with Crippen molar-refractivity contribution in [2.24, 2.45) is 0 Å². The summed E-state index contributed by atoms with van der Waals surface area (Å²) in [6, 6.07) is 8.40. The molecule has 0 saturated heterocycles. The van der Waals surface area contributed by atoms with Crippen LogP contribution < -0.4 is 10.9 Å². The third-order valence-electron chi connectivity index (χ3n) is 3.11. The van der Waals surface area contributed by atoms with E-state index < -0.39 is 5.25 Å². The van der Waals surface area contributed by atoms with Crippen molar-refractivity contribution in [3.05, 3.63) is 51.4 Å². The summed E-state index contributed by atoms with van der Waals surface area (Å²) in [5.41, 5.74) is 0.795. The number of thioether (sulfide) groups is 1. The first-order chi connectivity index (χ1) is 11.5. The van der Waals surface area contributed by atoms with Gasteiger partial charge in [-0.2, -0.15) is 0 Å². The van der Waals surface area contributed by atoms with Crippen molar-refractivity contribution in [3.8, 4) is 0 Å². The van der Waals surface area contributed by atoms with Gasteiger partial charge >= 0.3 is 0 Å². The summed E-state index contributed by atoms with van der Waals surface area (Å²) in [6.45, 7) is 2.13. The lowest BCUT2D eigenvalue weighted by molar-refractivity contribution is -0.115. The van der Waals surface area contributed by atoms with Gasteiger partial charge in [0.2, 0.25) is 5.91 Å². The van der Waals surface area contributed by atoms with E-state index in [1.54, 1.807) is 24.3 Å². The summed E-state index contributed by atoms with van der Waals surface area (Å²) in [5, 5.41) is 3.24. The molecule has 128 valence electrons. The number of carbonyl (C=O) groups excluding carboxylic acids is 1. The fourth-order valence-electron chi connectivity index (χ4n) is 1.99. The smallest absolute Gasteiger partial charge is 0.251 e. The fourth-order valence-corrected chi connectivity index (χ4v) is 3.11. The van der Waals surface area contributed by atoms with Gasteiger partial charge in [-0.3, -0.25) is 9.59 Å². The van der Waals surface area contributed by atoms with Crippen molar-refractivity contribution in [2.75, 3.05) is 12.4 Å². The number of para-hydroxylation sites is 1. The van der Waals surface area contributed by atoms with Gasteiger partial charge in [0.25, 0.3) is 5.56 Å². The van der Waals surface area contributed by atoms with Crippen LogP contribution in [0.1, 0.15) is 19.0 Å². The van der Waals surface area contributed by atoms with Crippen molar-refractivity contribution in [2.45, 2.75) is 30.4 Å². The fraction of sp³-hybridized carbons (Fsp3) is 0.312. The van der Waals surface area contributed by atoms with Gasteiger partial charge in [-0.25, -0.2) is 4.98 Å². The quantitative estimate of drug-likeness (QED) is 0.580. The Morgan fingerprint density at radius 2 is 2.21 bits per heavy atom. The van der Waals surface area contributed by atoms with E-state index in [4.69, 9.17) is 16.3 Å². The first-order valence-electron chi connectivity index (χ1n) is 7.34. The number of aromatic nitrogens is 2. The van der Waals surface area contributed by atoms with E-state index >= 15 is 0 Å². The van der Waals surface area contributed by atoms with Crippen molar-refractivity contribution in [1.82, 2.24) is 9.97 Å². The van der Waals surface area contributed by atoms with E-state index in [0.717, 1.165) is 0 Å². The standard InChI is InChI=1S/C16H18ClN3O3S/c1-3-13(15(22)19-12-7-5-4-6-11(12)17)24-16-18-10(9-23-2)8-14(21)20-16/h4-8,13H,3,9H2,1-2H3,(H,19,22)(H,18,20,21). The number of hydrogen-bond acceptors (Lipinski definition) is 5. The Morgan fingerprint density at radius 3 is 2.88 bits per heavy atom. The number of amides is 1. The van der Waals surface area contributed by atoms with Gasteiger partial charge in [-0.1, -0.05) is 42.4 Å². The van der Waals surface area contributed by atoms with Gasteiger partial charge in [0.05, 0.1) is 28.3 Å². The molecule has 24 heavy (non-hydrogen) atoms. The summed E-state index contributed by atoms with van der Waals surface area (Å²) in [5.74, 6) is -0.199. The highest BCUT2D eigenvalue weighted by molar-refractivity contribution is 8.00. The van der Waals surface area contributed by atoms with Crippen LogP contribution in [0.3, 0.4) is 0 Å². The second kappa shape index (κ2) is 8.86. The molecule has 8 heteroatoms. The zero-order valence-electron chi connectivity index (χ0n) is 13.3. The molecule has 1 unspecified atom stereocenters. The van der Waals surface area contributed by atoms with Crippen molar-refractivity contribution in [3.63, 3.8) is 0 Å². The van der Waals surface area contributed by atoms with E-state index in [2.05, 4.69) is 15.3 Å². The molecule has 0 aliphatic carbocycles. The van der Waals surface area contributed by atoms with Gasteiger partial charge in [-0.05, 0) is 18.6 Å². The van der Waals surface area contributed by atoms with Crippen LogP contribution in [0.25, 0.3) is 0 Å². The number of carbonyl (C=O) groups is 1. The Kier molecular flexibility index (Phi) is 6.84. The molecule has 0 spiro atoms. The minimum Gasteiger partial charge on any atom is -0.378 e. The zero-order chi connectivity index (χ0) is 17.5. The Hall–Kier alpha value is -1.83. The van der Waals surface area contributed by atoms with Gasteiger partial charge in [-0.15, -0.1) is 0 Å². The number of hydrogen-bond donors (Lipinski definition) is 2. The molecule has 0 radical (unpaired) electrons. The van der Waals surface area contributed by atoms with E-state index in [-0.39, 0.29) is 18.1 Å². The summed E-state index contributed by atoms with van der Waals surface area (Å²) >= 11 is 7.26. The van der Waals surface area contributed by atoms with E-state index in [9.17, 15) is 9.59 Å². The van der Waals surface area contributed by atoms with E-state index in [1.807, 2.05) is 6.92 Å². The molecule has 6 nitrogen and oxygen atoms in total. The average Bonchev–Trinajstić information content (AvgIpc) is 2.54. The molecular weight excluding hydrogens is 350 g/mol. The molecule has 1 aromatic carbocycles. The topological polar surface area (TPSA) is 84.1 Å². The molecule has 2 N–H and O–H groups in total. The number of ether oxygens (including phenoxy) is 1. The molecule has 1 atom stereocenters. The number of nitrogens with one attached hydrogen (secondary N) is 2. The predicted molar refractivity (Wildman–Crippen MR) is 95.6 cm³/mol. The molecule has 0 bridgehead atoms. The maximum absolute atomic E-state index is 12.5. The minimum absolute atomic E-state index is 0.199. The second-order valence-corrected chi connectivity index (χ2v) is 6.56. The first kappa shape index (κ1) is 18.5. The molecule has 1 amide bonds. The van der Waals surface area contributed by atoms with Gasteiger partial charge in [0, 0.05) is 13.2 Å². The number of benzene rings is 1. The van der Waals surface area contributed by atoms with Crippen molar-refractivity contribution < 1.29 is 9.53 Å². The monoisotopic (exact) mass is 367 g/mol. The maximum atomic E-state index is 12.5. The third-order valence-corrected chi connectivity index (χ3v) is 4.69. The summed E-state index contributed by atoms with van der Waals surface area (Å²) in [4.78, 5) is 31.1. The van der Waals surface area contributed by atoms with Gasteiger partial charge in [0.15, 0.2) is 5.16 Å². The molecule has 0 fully saturated rings. The van der Waals surface area contributed by atoms with Crippen LogP contribution in [-0.2, 0) is 16.1 Å². The third kappa shape index (κ3) is 5.09. The lowest BCUT2D eigenvalue weighted by Gasteiger charge is -2.15. The Labute approximate surface area is 149 Å². The van der Waals surface area contributed by atoms with Crippen molar-refractivity contribution in [1.29, 1.82) is 0 Å². The normalized spacial score (nSPS) is 12.0. The molecule has 2 rings (SSSR count). The summed E-state index contributed by atoms with van der Waals surface area (Å²) in [6.07, 6.45) is 0.569. The summed E-state index contributed by atoms with van der Waals surface area (Å²) in [7, 11) is 1.53. The number of methoxy groups -OCH3 is 1. The largest absolute Gasteiger partial charge is 0.378 e. The molecule has 2 aromatic rings. The zero-order valence-corrected chi connectivity index (χ0v) is 14.9. The van der Waals surface area contributed by atoms with E-state index in [0.29, 0.717) is 28.0 Å². The highest BCUT2D eigenvalue weighted by atomic mass is 35.5. The predicted octanol–water partition coefficient (Wildman–Crippen LogP) is 3.08. The van der Waals surface area contributed by atoms with Crippen LogP contribution in [0.4, 0.5) is 5.69 Å². The number of nitrogens with zero attached hydrogens (tertiary/aromatic N) is 1. The van der Waals surface area contributed by atoms with Crippen LogP contribution >= 0.6 is 23.4 Å². The van der Waals surface area contributed by atoms with Crippen LogP contribution in [0.2, 0.25) is 5.02 Å². The van der Waals surface area contributed by atoms with Crippen molar-refractivity contribution >= 4 is 35.0 Å². The minimum atomic E-state index is -0.415. The highest BCUT2D eigenvalue weighted by Gasteiger charge is 2.20. The highest BCUT2D eigenvalue weighted by Crippen LogP contribution is 2.25. The lowest BCUT2D eigenvalue weighted by Crippen LogP contribution is -2.25. The van der Waals surface area contributed by atoms with Crippen LogP contribution in [0.15, 0.2) is 40.3 Å².